The Morgan fingerprint density at radius 1 is 1.06 bits per heavy atom. The molecule has 8 N–H and O–H groups in total. The van der Waals surface area contributed by atoms with Gasteiger partial charge in [-0.25, -0.2) is 5.48 Å². The molecule has 10 heteroatoms. The highest BCUT2D eigenvalue weighted by Crippen LogP contribution is 2.19. The van der Waals surface area contributed by atoms with E-state index in [1.165, 1.54) is 4.90 Å². The molecule has 0 aliphatic carbocycles. The molecule has 10 nitrogen and oxygen atoms in total. The third-order valence-electron chi connectivity index (χ3n) is 5.96. The predicted molar refractivity (Wildman–Crippen MR) is 136 cm³/mol. The molecule has 1 unspecified atom stereocenters. The minimum atomic E-state index is -1.09. The highest BCUT2D eigenvalue weighted by atomic mass is 16.5. The van der Waals surface area contributed by atoms with Crippen molar-refractivity contribution < 1.29 is 19.6 Å². The number of benzene rings is 2. The van der Waals surface area contributed by atoms with E-state index in [0.29, 0.717) is 35.0 Å². The minimum Gasteiger partial charge on any atom is -0.366 e. The lowest BCUT2D eigenvalue weighted by Gasteiger charge is -2.30. The average molecular weight is 493 g/mol. The number of nitrogens with zero attached hydrogens (tertiary/aromatic N) is 1. The van der Waals surface area contributed by atoms with Crippen molar-refractivity contribution in [3.05, 3.63) is 65.2 Å². The van der Waals surface area contributed by atoms with Crippen LogP contribution in [-0.4, -0.2) is 61.2 Å². The number of carbonyl (C=O) groups excluding carboxylic acids is 3. The van der Waals surface area contributed by atoms with Crippen LogP contribution in [0.15, 0.2) is 48.5 Å². The van der Waals surface area contributed by atoms with Gasteiger partial charge in [0.25, 0.3) is 5.91 Å². The van der Waals surface area contributed by atoms with Gasteiger partial charge in [-0.1, -0.05) is 18.3 Å². The average Bonchev–Trinajstić information content (AvgIpc) is 2.91. The van der Waals surface area contributed by atoms with E-state index in [9.17, 15) is 14.4 Å². The van der Waals surface area contributed by atoms with E-state index >= 15 is 0 Å². The van der Waals surface area contributed by atoms with Gasteiger partial charge < -0.3 is 22.1 Å². The van der Waals surface area contributed by atoms with E-state index in [1.807, 2.05) is 0 Å². The standard InChI is InChI=1S/C26H32N6O4/c27-15-23(26(35)31-36)32(24(33)17-29-16-21-3-1-2-14-30-21)22-12-8-19(9-13-22)5-4-18-6-10-20(11-7-18)25(28)34/h6-13,21,23,29-30,36H,1-3,14-17,27H2,(H2,28,34)(H,31,35)/t21?,23-/m0/s1. The quantitative estimate of drug-likeness (QED) is 0.164. The molecule has 3 amide bonds. The fraction of sp³-hybridized carbons (Fsp3) is 0.346. The van der Waals surface area contributed by atoms with Crippen LogP contribution in [0.4, 0.5) is 5.69 Å². The Kier molecular flexibility index (Phi) is 9.97. The first-order valence-corrected chi connectivity index (χ1v) is 11.8. The summed E-state index contributed by atoms with van der Waals surface area (Å²) in [4.78, 5) is 37.9. The van der Waals surface area contributed by atoms with Gasteiger partial charge in [0.05, 0.1) is 6.54 Å². The summed E-state index contributed by atoms with van der Waals surface area (Å²) >= 11 is 0. The number of rotatable bonds is 9. The molecular formula is C26H32N6O4. The van der Waals surface area contributed by atoms with Crippen molar-refractivity contribution in [2.24, 2.45) is 11.5 Å². The Hall–Kier alpha value is -3.75. The molecule has 1 heterocycles. The minimum absolute atomic E-state index is 0.0102. The second kappa shape index (κ2) is 13.4. The van der Waals surface area contributed by atoms with E-state index in [2.05, 4.69) is 22.5 Å². The second-order valence-corrected chi connectivity index (χ2v) is 8.51. The smallest absolute Gasteiger partial charge is 0.267 e. The topological polar surface area (TPSA) is 163 Å². The molecule has 0 spiro atoms. The fourth-order valence-corrected chi connectivity index (χ4v) is 4.01. The van der Waals surface area contributed by atoms with Gasteiger partial charge in [-0.3, -0.25) is 24.5 Å². The Labute approximate surface area is 210 Å². The van der Waals surface area contributed by atoms with Crippen molar-refractivity contribution in [1.82, 2.24) is 16.1 Å². The molecule has 0 aromatic heterocycles. The van der Waals surface area contributed by atoms with Crippen LogP contribution < -0.4 is 32.5 Å². The van der Waals surface area contributed by atoms with E-state index < -0.39 is 17.9 Å². The first kappa shape index (κ1) is 26.8. The molecule has 1 aliphatic rings. The molecule has 2 aromatic rings. The number of amides is 3. The number of hydrogen-bond donors (Lipinski definition) is 6. The molecule has 3 rings (SSSR count). The van der Waals surface area contributed by atoms with Gasteiger partial charge in [0, 0.05) is 41.5 Å². The van der Waals surface area contributed by atoms with Gasteiger partial charge in [-0.15, -0.1) is 0 Å². The van der Waals surface area contributed by atoms with Crippen LogP contribution in [0.1, 0.15) is 40.7 Å². The maximum atomic E-state index is 13.1. The van der Waals surface area contributed by atoms with Gasteiger partial charge >= 0.3 is 0 Å². The van der Waals surface area contributed by atoms with Gasteiger partial charge in [0.1, 0.15) is 6.04 Å². The molecule has 1 aliphatic heterocycles. The molecule has 2 aromatic carbocycles. The maximum absolute atomic E-state index is 13.1. The van der Waals surface area contributed by atoms with Crippen LogP contribution in [0.2, 0.25) is 0 Å². The zero-order chi connectivity index (χ0) is 25.9. The highest BCUT2D eigenvalue weighted by molar-refractivity contribution is 6.01. The first-order chi connectivity index (χ1) is 17.4. The summed E-state index contributed by atoms with van der Waals surface area (Å²) in [6, 6.07) is 12.6. The number of nitrogens with two attached hydrogens (primary N) is 2. The number of primary amides is 1. The summed E-state index contributed by atoms with van der Waals surface area (Å²) in [5.41, 5.74) is 14.9. The molecule has 0 radical (unpaired) electrons. The molecule has 2 atom stereocenters. The Morgan fingerprint density at radius 3 is 2.22 bits per heavy atom. The van der Waals surface area contributed by atoms with Crippen molar-refractivity contribution in [3.63, 3.8) is 0 Å². The summed E-state index contributed by atoms with van der Waals surface area (Å²) in [7, 11) is 0. The monoisotopic (exact) mass is 492 g/mol. The van der Waals surface area contributed by atoms with Crippen molar-refractivity contribution in [2.45, 2.75) is 31.3 Å². The molecule has 0 bridgehead atoms. The summed E-state index contributed by atoms with van der Waals surface area (Å²) < 4.78 is 0. The first-order valence-electron chi connectivity index (χ1n) is 11.8. The summed E-state index contributed by atoms with van der Waals surface area (Å²) in [6.07, 6.45) is 3.35. The zero-order valence-electron chi connectivity index (χ0n) is 20.0. The lowest BCUT2D eigenvalue weighted by molar-refractivity contribution is -0.132. The van der Waals surface area contributed by atoms with Crippen molar-refractivity contribution >= 4 is 23.4 Å². The van der Waals surface area contributed by atoms with E-state index in [1.54, 1.807) is 54.0 Å². The van der Waals surface area contributed by atoms with Crippen LogP contribution in [0.25, 0.3) is 0 Å². The van der Waals surface area contributed by atoms with Gasteiger partial charge in [-0.05, 0) is 67.9 Å². The number of hydrogen-bond acceptors (Lipinski definition) is 7. The number of piperidine rings is 1. The molecule has 1 fully saturated rings. The molecule has 1 saturated heterocycles. The molecule has 36 heavy (non-hydrogen) atoms. The second-order valence-electron chi connectivity index (χ2n) is 8.51. The van der Waals surface area contributed by atoms with Crippen LogP contribution in [0.5, 0.6) is 0 Å². The van der Waals surface area contributed by atoms with Crippen molar-refractivity contribution in [3.8, 4) is 11.8 Å². The number of anilines is 1. The predicted octanol–water partition coefficient (Wildman–Crippen LogP) is 0.0827. The van der Waals surface area contributed by atoms with E-state index in [0.717, 1.165) is 25.8 Å². The van der Waals surface area contributed by atoms with Crippen LogP contribution in [-0.2, 0) is 9.59 Å². The Balaban J connectivity index is 1.73. The number of carbonyl (C=O) groups is 3. The Morgan fingerprint density at radius 2 is 1.69 bits per heavy atom. The van der Waals surface area contributed by atoms with E-state index in [-0.39, 0.29) is 19.0 Å². The zero-order valence-corrected chi connectivity index (χ0v) is 20.0. The fourth-order valence-electron chi connectivity index (χ4n) is 4.01. The SMILES string of the molecule is NC[C@@H](C(=O)NO)N(C(=O)CNCC1CCCCN1)c1ccc(C#Cc2ccc(C(N)=O)cc2)cc1. The Bertz CT molecular complexity index is 1100. The summed E-state index contributed by atoms with van der Waals surface area (Å²) in [6.45, 7) is 1.43. The van der Waals surface area contributed by atoms with Gasteiger partial charge in [0.2, 0.25) is 11.8 Å². The van der Waals surface area contributed by atoms with E-state index in [4.69, 9.17) is 16.7 Å². The van der Waals surface area contributed by atoms with Crippen LogP contribution in [0.3, 0.4) is 0 Å². The molecule has 0 saturated carbocycles. The van der Waals surface area contributed by atoms with Crippen molar-refractivity contribution in [1.29, 1.82) is 0 Å². The third-order valence-corrected chi connectivity index (χ3v) is 5.96. The summed E-state index contributed by atoms with van der Waals surface area (Å²) in [5.74, 6) is 4.40. The molecular weight excluding hydrogens is 460 g/mol. The third kappa shape index (κ3) is 7.37. The number of hydroxylamine groups is 1. The maximum Gasteiger partial charge on any atom is 0.267 e. The van der Waals surface area contributed by atoms with Crippen molar-refractivity contribution in [2.75, 3.05) is 31.1 Å². The normalized spacial score (nSPS) is 15.8. The summed E-state index contributed by atoms with van der Waals surface area (Å²) in [5, 5.41) is 15.7. The lowest BCUT2D eigenvalue weighted by atomic mass is 10.1. The largest absolute Gasteiger partial charge is 0.366 e. The highest BCUT2D eigenvalue weighted by Gasteiger charge is 2.30. The molecule has 190 valence electrons. The lowest BCUT2D eigenvalue weighted by Crippen LogP contribution is -2.55. The van der Waals surface area contributed by atoms with Crippen LogP contribution >= 0.6 is 0 Å². The van der Waals surface area contributed by atoms with Crippen LogP contribution in [0, 0.1) is 11.8 Å². The number of nitrogens with one attached hydrogen (secondary N) is 3. The van der Waals surface area contributed by atoms with Gasteiger partial charge in [0.15, 0.2) is 0 Å². The van der Waals surface area contributed by atoms with Gasteiger partial charge in [-0.2, -0.15) is 0 Å².